The number of amides is 1. The maximum absolute atomic E-state index is 11.6. The minimum atomic E-state index is -1.07. The molecule has 0 aliphatic rings. The molecule has 2 atom stereocenters. The van der Waals surface area contributed by atoms with Crippen molar-refractivity contribution in [1.29, 1.82) is 0 Å². The number of carbonyl (C=O) groups excluding carboxylic acids is 1. The van der Waals surface area contributed by atoms with Crippen LogP contribution >= 0.6 is 0 Å². The highest BCUT2D eigenvalue weighted by Gasteiger charge is 2.36. The van der Waals surface area contributed by atoms with Crippen LogP contribution < -0.4 is 10.6 Å². The third kappa shape index (κ3) is 5.17. The zero-order valence-electron chi connectivity index (χ0n) is 11.3. The number of nitrogens with one attached hydrogen (secondary N) is 2. The number of carboxylic acids is 1. The fourth-order valence-electron chi connectivity index (χ4n) is 1.90. The van der Waals surface area contributed by atoms with E-state index in [1.165, 1.54) is 0 Å². The van der Waals surface area contributed by atoms with Crippen LogP contribution in [-0.4, -0.2) is 35.1 Å². The van der Waals surface area contributed by atoms with Crippen molar-refractivity contribution in [3.05, 3.63) is 0 Å². The Balaban J connectivity index is 4.65. The van der Waals surface area contributed by atoms with Gasteiger partial charge < -0.3 is 10.4 Å². The van der Waals surface area contributed by atoms with Crippen LogP contribution in [0.2, 0.25) is 0 Å². The number of likely N-dealkylation sites (N-methyl/N-ethyl adjacent to an activating group) is 1. The molecule has 0 bridgehead atoms. The first kappa shape index (κ1) is 15.9. The van der Waals surface area contributed by atoms with Gasteiger partial charge in [0.1, 0.15) is 5.54 Å². The maximum Gasteiger partial charge on any atom is 0.323 e. The normalized spacial score (nSPS) is 16.4. The van der Waals surface area contributed by atoms with Crippen molar-refractivity contribution in [2.45, 2.75) is 52.6 Å². The number of rotatable bonds is 7. The topological polar surface area (TPSA) is 78.4 Å². The quantitative estimate of drug-likeness (QED) is 0.624. The molecule has 2 unspecified atom stereocenters. The number of hydrogen-bond acceptors (Lipinski definition) is 3. The van der Waals surface area contributed by atoms with Gasteiger partial charge in [0, 0.05) is 6.54 Å². The van der Waals surface area contributed by atoms with E-state index in [2.05, 4.69) is 10.6 Å². The van der Waals surface area contributed by atoms with Gasteiger partial charge in [0.05, 0.1) is 6.04 Å². The smallest absolute Gasteiger partial charge is 0.323 e. The largest absolute Gasteiger partial charge is 0.480 e. The van der Waals surface area contributed by atoms with E-state index in [-0.39, 0.29) is 11.8 Å². The van der Waals surface area contributed by atoms with E-state index in [1.807, 2.05) is 20.8 Å². The fourth-order valence-corrected chi connectivity index (χ4v) is 1.90. The molecule has 5 nitrogen and oxygen atoms in total. The summed E-state index contributed by atoms with van der Waals surface area (Å²) in [6.45, 7) is 9.57. The molecular formula is C12H24N2O3. The molecule has 0 radical (unpaired) electrons. The summed E-state index contributed by atoms with van der Waals surface area (Å²) in [4.78, 5) is 22.8. The molecular weight excluding hydrogens is 220 g/mol. The summed E-state index contributed by atoms with van der Waals surface area (Å²) in [6.07, 6.45) is 0.478. The lowest BCUT2D eigenvalue weighted by Gasteiger charge is -2.31. The molecule has 0 saturated carbocycles. The SMILES string of the molecule is CCNC(=O)C(C)NC(C)(CC(C)C)C(=O)O. The lowest BCUT2D eigenvalue weighted by Crippen LogP contribution is -2.57. The molecule has 0 aliphatic carbocycles. The molecule has 0 aromatic rings. The van der Waals surface area contributed by atoms with Gasteiger partial charge >= 0.3 is 5.97 Å². The maximum atomic E-state index is 11.6. The summed E-state index contributed by atoms with van der Waals surface area (Å²) in [5, 5.41) is 14.8. The van der Waals surface area contributed by atoms with Crippen LogP contribution in [0.5, 0.6) is 0 Å². The predicted molar refractivity (Wildman–Crippen MR) is 66.8 cm³/mol. The van der Waals surface area contributed by atoms with Crippen molar-refractivity contribution in [2.75, 3.05) is 6.54 Å². The van der Waals surface area contributed by atoms with Crippen molar-refractivity contribution in [1.82, 2.24) is 10.6 Å². The summed E-state index contributed by atoms with van der Waals surface area (Å²) in [6, 6.07) is -0.519. The van der Waals surface area contributed by atoms with Gasteiger partial charge in [-0.1, -0.05) is 13.8 Å². The monoisotopic (exact) mass is 244 g/mol. The second-order valence-electron chi connectivity index (χ2n) is 5.00. The van der Waals surface area contributed by atoms with Crippen LogP contribution in [0.3, 0.4) is 0 Å². The van der Waals surface area contributed by atoms with Gasteiger partial charge in [-0.25, -0.2) is 0 Å². The Morgan fingerprint density at radius 2 is 1.82 bits per heavy atom. The van der Waals surface area contributed by atoms with E-state index in [9.17, 15) is 14.7 Å². The molecule has 0 spiro atoms. The molecule has 0 aromatic carbocycles. The Bertz CT molecular complexity index is 279. The van der Waals surface area contributed by atoms with E-state index in [1.54, 1.807) is 13.8 Å². The predicted octanol–water partition coefficient (Wildman–Crippen LogP) is 0.990. The Hall–Kier alpha value is -1.10. The number of aliphatic carboxylic acids is 1. The standard InChI is InChI=1S/C12H24N2O3/c1-6-13-10(15)9(4)14-12(5,11(16)17)7-8(2)3/h8-9,14H,6-7H2,1-5H3,(H,13,15)(H,16,17). The van der Waals surface area contributed by atoms with E-state index < -0.39 is 17.6 Å². The first-order chi connectivity index (χ1) is 7.73. The molecule has 100 valence electrons. The van der Waals surface area contributed by atoms with Gasteiger partial charge in [-0.2, -0.15) is 0 Å². The lowest BCUT2D eigenvalue weighted by molar-refractivity contribution is -0.145. The molecule has 5 heteroatoms. The Morgan fingerprint density at radius 3 is 2.18 bits per heavy atom. The number of carbonyl (C=O) groups is 2. The van der Waals surface area contributed by atoms with Crippen LogP contribution in [-0.2, 0) is 9.59 Å². The van der Waals surface area contributed by atoms with Crippen LogP contribution in [0.1, 0.15) is 41.0 Å². The van der Waals surface area contributed by atoms with Crippen LogP contribution in [0.4, 0.5) is 0 Å². The summed E-state index contributed by atoms with van der Waals surface area (Å²) in [5.74, 6) is -0.865. The highest BCUT2D eigenvalue weighted by Crippen LogP contribution is 2.17. The van der Waals surface area contributed by atoms with E-state index in [0.717, 1.165) is 0 Å². The molecule has 1 amide bonds. The van der Waals surface area contributed by atoms with Gasteiger partial charge in [-0.15, -0.1) is 0 Å². The zero-order chi connectivity index (χ0) is 13.6. The zero-order valence-corrected chi connectivity index (χ0v) is 11.3. The lowest BCUT2D eigenvalue weighted by atomic mass is 9.90. The molecule has 3 N–H and O–H groups in total. The van der Waals surface area contributed by atoms with Gasteiger partial charge in [0.25, 0.3) is 0 Å². The Morgan fingerprint density at radius 1 is 1.29 bits per heavy atom. The molecule has 0 fully saturated rings. The molecule has 0 heterocycles. The summed E-state index contributed by atoms with van der Waals surface area (Å²) < 4.78 is 0. The van der Waals surface area contributed by atoms with Crippen molar-refractivity contribution in [2.24, 2.45) is 5.92 Å². The number of hydrogen-bond donors (Lipinski definition) is 3. The first-order valence-corrected chi connectivity index (χ1v) is 6.01. The molecule has 0 rings (SSSR count). The van der Waals surface area contributed by atoms with Gasteiger partial charge in [0.2, 0.25) is 5.91 Å². The average molecular weight is 244 g/mol. The molecule has 0 aliphatic heterocycles. The second-order valence-corrected chi connectivity index (χ2v) is 5.00. The summed E-state index contributed by atoms with van der Waals surface area (Å²) >= 11 is 0. The average Bonchev–Trinajstić information content (AvgIpc) is 2.16. The van der Waals surface area contributed by atoms with Gasteiger partial charge in [-0.3, -0.25) is 14.9 Å². The van der Waals surface area contributed by atoms with Crippen molar-refractivity contribution in [3.63, 3.8) is 0 Å². The summed E-state index contributed by atoms with van der Waals surface area (Å²) in [5.41, 5.74) is -1.07. The van der Waals surface area contributed by atoms with Crippen molar-refractivity contribution >= 4 is 11.9 Å². The van der Waals surface area contributed by atoms with E-state index in [4.69, 9.17) is 0 Å². The van der Waals surface area contributed by atoms with Gasteiger partial charge in [-0.05, 0) is 33.1 Å². The highest BCUT2D eigenvalue weighted by atomic mass is 16.4. The van der Waals surface area contributed by atoms with Crippen LogP contribution in [0.15, 0.2) is 0 Å². The third-order valence-corrected chi connectivity index (χ3v) is 2.57. The third-order valence-electron chi connectivity index (χ3n) is 2.57. The number of carboxylic acid groups (broad SMARTS) is 1. The van der Waals surface area contributed by atoms with E-state index in [0.29, 0.717) is 13.0 Å². The molecule has 0 saturated heterocycles. The van der Waals surface area contributed by atoms with Gasteiger partial charge in [0.15, 0.2) is 0 Å². The minimum absolute atomic E-state index is 0.177. The highest BCUT2D eigenvalue weighted by molar-refractivity contribution is 5.84. The fraction of sp³-hybridized carbons (Fsp3) is 0.833. The second kappa shape index (κ2) is 6.59. The summed E-state index contributed by atoms with van der Waals surface area (Å²) in [7, 11) is 0. The van der Waals surface area contributed by atoms with Crippen molar-refractivity contribution < 1.29 is 14.7 Å². The molecule has 17 heavy (non-hydrogen) atoms. The molecule has 0 aromatic heterocycles. The van der Waals surface area contributed by atoms with Crippen molar-refractivity contribution in [3.8, 4) is 0 Å². The van der Waals surface area contributed by atoms with Crippen LogP contribution in [0.25, 0.3) is 0 Å². The van der Waals surface area contributed by atoms with Crippen LogP contribution in [0, 0.1) is 5.92 Å². The minimum Gasteiger partial charge on any atom is -0.480 e. The first-order valence-electron chi connectivity index (χ1n) is 6.01. The Labute approximate surface area is 103 Å². The Kier molecular flexibility index (Phi) is 6.16. The van der Waals surface area contributed by atoms with E-state index >= 15 is 0 Å².